The lowest BCUT2D eigenvalue weighted by Crippen LogP contribution is -2.35. The summed E-state index contributed by atoms with van der Waals surface area (Å²) in [5.41, 5.74) is 1.13. The smallest absolute Gasteiger partial charge is 0.124 e. The second-order valence-corrected chi connectivity index (χ2v) is 8.83. The maximum atomic E-state index is 6.10. The van der Waals surface area contributed by atoms with Crippen LogP contribution in [-0.2, 0) is 13.2 Å². The summed E-state index contributed by atoms with van der Waals surface area (Å²) in [5.74, 6) is 0.876. The Labute approximate surface area is 143 Å². The molecule has 5 heteroatoms. The molecule has 0 amide bonds. The van der Waals surface area contributed by atoms with Gasteiger partial charge < -0.3 is 10.1 Å². The quantitative estimate of drug-likeness (QED) is 0.716. The molecule has 21 heavy (non-hydrogen) atoms. The Morgan fingerprint density at radius 1 is 1.24 bits per heavy atom. The average Bonchev–Trinajstić information content (AvgIpc) is 2.80. The zero-order valence-corrected chi connectivity index (χ0v) is 15.5. The number of thiophene rings is 1. The van der Waals surface area contributed by atoms with E-state index in [1.54, 1.807) is 11.3 Å². The van der Waals surface area contributed by atoms with Crippen molar-refractivity contribution in [3.8, 4) is 5.75 Å². The number of ether oxygens (including phenoxy) is 1. The molecule has 0 bridgehead atoms. The summed E-state index contributed by atoms with van der Waals surface area (Å²) in [6.45, 7) is 7.72. The number of rotatable bonds is 5. The molecule has 1 aromatic carbocycles. The molecular weight excluding hydrogens is 370 g/mol. The first-order valence-electron chi connectivity index (χ1n) is 6.74. The van der Waals surface area contributed by atoms with Crippen LogP contribution in [0.1, 0.15) is 31.2 Å². The predicted molar refractivity (Wildman–Crippen MR) is 94.4 cm³/mol. The second kappa shape index (κ2) is 7.14. The van der Waals surface area contributed by atoms with Gasteiger partial charge in [-0.2, -0.15) is 0 Å². The van der Waals surface area contributed by atoms with Gasteiger partial charge in [0.05, 0.1) is 3.79 Å². The minimum atomic E-state index is 0.0538. The number of hydrogen-bond acceptors (Lipinski definition) is 3. The van der Waals surface area contributed by atoms with Crippen molar-refractivity contribution < 1.29 is 4.74 Å². The molecule has 2 nitrogen and oxygen atoms in total. The highest BCUT2D eigenvalue weighted by Crippen LogP contribution is 2.27. The van der Waals surface area contributed by atoms with Crippen LogP contribution >= 0.6 is 38.9 Å². The van der Waals surface area contributed by atoms with Crippen molar-refractivity contribution in [1.29, 1.82) is 0 Å². The van der Waals surface area contributed by atoms with Crippen molar-refractivity contribution in [3.05, 3.63) is 49.6 Å². The molecule has 0 aliphatic carbocycles. The monoisotopic (exact) mass is 387 g/mol. The Morgan fingerprint density at radius 3 is 2.62 bits per heavy atom. The lowest BCUT2D eigenvalue weighted by atomic mass is 10.1. The van der Waals surface area contributed by atoms with Crippen LogP contribution in [0.2, 0.25) is 5.02 Å². The summed E-state index contributed by atoms with van der Waals surface area (Å²) in [7, 11) is 0. The van der Waals surface area contributed by atoms with Gasteiger partial charge in [0.15, 0.2) is 0 Å². The van der Waals surface area contributed by atoms with Crippen molar-refractivity contribution in [1.82, 2.24) is 5.32 Å². The highest BCUT2D eigenvalue weighted by atomic mass is 79.9. The number of benzene rings is 1. The molecule has 1 heterocycles. The fourth-order valence-corrected chi connectivity index (χ4v) is 3.36. The van der Waals surface area contributed by atoms with Crippen LogP contribution in [0.3, 0.4) is 0 Å². The third-order valence-corrected chi connectivity index (χ3v) is 4.66. The number of halogens is 2. The first-order chi connectivity index (χ1) is 9.83. The summed E-state index contributed by atoms with van der Waals surface area (Å²) in [4.78, 5) is 1.19. The first kappa shape index (κ1) is 16.8. The third-order valence-electron chi connectivity index (χ3n) is 2.83. The summed E-state index contributed by atoms with van der Waals surface area (Å²) >= 11 is 11.2. The van der Waals surface area contributed by atoms with Crippen molar-refractivity contribution in [2.75, 3.05) is 0 Å². The van der Waals surface area contributed by atoms with Gasteiger partial charge in [0.25, 0.3) is 0 Å². The topological polar surface area (TPSA) is 21.3 Å². The van der Waals surface area contributed by atoms with Gasteiger partial charge in [-0.05, 0) is 67.0 Å². The van der Waals surface area contributed by atoms with E-state index in [0.717, 1.165) is 26.7 Å². The van der Waals surface area contributed by atoms with Crippen LogP contribution in [0.4, 0.5) is 0 Å². The van der Waals surface area contributed by atoms with Crippen molar-refractivity contribution >= 4 is 38.9 Å². The molecule has 0 radical (unpaired) electrons. The van der Waals surface area contributed by atoms with Crippen LogP contribution < -0.4 is 10.1 Å². The first-order valence-corrected chi connectivity index (χ1v) is 8.73. The van der Waals surface area contributed by atoms with Gasteiger partial charge in [-0.15, -0.1) is 11.3 Å². The molecule has 2 rings (SSSR count). The van der Waals surface area contributed by atoms with E-state index in [1.807, 2.05) is 24.3 Å². The van der Waals surface area contributed by atoms with Gasteiger partial charge in [-0.25, -0.2) is 0 Å². The molecule has 1 N–H and O–H groups in total. The molecule has 0 saturated heterocycles. The van der Waals surface area contributed by atoms with Gasteiger partial charge in [0.2, 0.25) is 0 Å². The van der Waals surface area contributed by atoms with E-state index in [1.165, 1.54) is 4.88 Å². The normalized spacial score (nSPS) is 11.7. The van der Waals surface area contributed by atoms with Crippen LogP contribution in [-0.4, -0.2) is 5.54 Å². The van der Waals surface area contributed by atoms with Gasteiger partial charge in [-0.1, -0.05) is 11.6 Å². The molecule has 0 atom stereocenters. The largest absolute Gasteiger partial charge is 0.488 e. The van der Waals surface area contributed by atoms with E-state index < -0.39 is 0 Å². The molecule has 0 spiro atoms. The van der Waals surface area contributed by atoms with Crippen molar-refractivity contribution in [2.45, 2.75) is 39.5 Å². The lowest BCUT2D eigenvalue weighted by molar-refractivity contribution is 0.303. The fraction of sp³-hybridized carbons (Fsp3) is 0.375. The molecule has 0 saturated carbocycles. The van der Waals surface area contributed by atoms with Crippen LogP contribution in [0.5, 0.6) is 5.75 Å². The minimum absolute atomic E-state index is 0.0538. The summed E-state index contributed by atoms with van der Waals surface area (Å²) < 4.78 is 7.07. The number of nitrogens with one attached hydrogen (secondary N) is 1. The molecule has 0 fully saturated rings. The molecule has 1 aromatic heterocycles. The predicted octanol–water partition coefficient (Wildman–Crippen LogP) is 5.63. The van der Waals surface area contributed by atoms with Gasteiger partial charge >= 0.3 is 0 Å². The van der Waals surface area contributed by atoms with E-state index in [2.05, 4.69) is 48.1 Å². The molecule has 114 valence electrons. The molecule has 2 aromatic rings. The van der Waals surface area contributed by atoms with E-state index >= 15 is 0 Å². The molecule has 0 unspecified atom stereocenters. The highest BCUT2D eigenvalue weighted by Gasteiger charge is 2.12. The maximum Gasteiger partial charge on any atom is 0.124 e. The van der Waals surface area contributed by atoms with Gasteiger partial charge in [0, 0.05) is 27.5 Å². The zero-order valence-electron chi connectivity index (χ0n) is 12.4. The second-order valence-electron chi connectivity index (χ2n) is 5.85. The van der Waals surface area contributed by atoms with Crippen LogP contribution in [0.25, 0.3) is 0 Å². The van der Waals surface area contributed by atoms with Gasteiger partial charge in [0.1, 0.15) is 12.4 Å². The lowest BCUT2D eigenvalue weighted by Gasteiger charge is -2.21. The number of hydrogen-bond donors (Lipinski definition) is 1. The fourth-order valence-electron chi connectivity index (χ4n) is 1.77. The molecular formula is C16H19BrClNOS. The Kier molecular flexibility index (Phi) is 5.72. The van der Waals surface area contributed by atoms with E-state index in [9.17, 15) is 0 Å². The van der Waals surface area contributed by atoms with Crippen LogP contribution in [0, 0.1) is 0 Å². The van der Waals surface area contributed by atoms with Crippen molar-refractivity contribution in [3.63, 3.8) is 0 Å². The van der Waals surface area contributed by atoms with Gasteiger partial charge in [-0.3, -0.25) is 0 Å². The SMILES string of the molecule is CC(C)(C)NCc1cc(Cl)ccc1OCc1ccc(Br)s1. The van der Waals surface area contributed by atoms with E-state index in [0.29, 0.717) is 6.61 Å². The van der Waals surface area contributed by atoms with Crippen molar-refractivity contribution in [2.24, 2.45) is 0 Å². The third kappa shape index (κ3) is 5.62. The molecule has 0 aliphatic heterocycles. The minimum Gasteiger partial charge on any atom is -0.488 e. The highest BCUT2D eigenvalue weighted by molar-refractivity contribution is 9.11. The summed E-state index contributed by atoms with van der Waals surface area (Å²) in [5, 5.41) is 4.19. The molecule has 0 aliphatic rings. The maximum absolute atomic E-state index is 6.10. The standard InChI is InChI=1S/C16H19BrClNOS/c1-16(2,3)19-9-11-8-12(18)4-6-14(11)20-10-13-5-7-15(17)21-13/h4-8,19H,9-10H2,1-3H3. The Hall–Kier alpha value is -0.550. The Balaban J connectivity index is 2.07. The summed E-state index contributed by atoms with van der Waals surface area (Å²) in [6.07, 6.45) is 0. The Bertz CT molecular complexity index is 607. The Morgan fingerprint density at radius 2 is 2.00 bits per heavy atom. The van der Waals surface area contributed by atoms with E-state index in [4.69, 9.17) is 16.3 Å². The van der Waals surface area contributed by atoms with E-state index in [-0.39, 0.29) is 5.54 Å². The average molecular weight is 389 g/mol. The van der Waals surface area contributed by atoms with Crippen LogP contribution in [0.15, 0.2) is 34.1 Å². The summed E-state index contributed by atoms with van der Waals surface area (Å²) in [6, 6.07) is 9.86. The zero-order chi connectivity index (χ0) is 15.5.